The molecule has 6 aromatic rings. The number of methoxy groups -OCH3 is 1. The summed E-state index contributed by atoms with van der Waals surface area (Å²) in [6.07, 6.45) is 8.20. The van der Waals surface area contributed by atoms with Crippen LogP contribution in [0.3, 0.4) is 0 Å². The first-order valence-electron chi connectivity index (χ1n) is 20.2. The van der Waals surface area contributed by atoms with Crippen molar-refractivity contribution < 1.29 is 23.8 Å². The van der Waals surface area contributed by atoms with Gasteiger partial charge in [0.15, 0.2) is 22.3 Å². The van der Waals surface area contributed by atoms with Crippen molar-refractivity contribution in [3.05, 3.63) is 92.0 Å². The van der Waals surface area contributed by atoms with Gasteiger partial charge in [-0.1, -0.05) is 38.8 Å². The molecule has 8 rings (SSSR count). The van der Waals surface area contributed by atoms with E-state index in [1.54, 1.807) is 42.5 Å². The van der Waals surface area contributed by atoms with Crippen LogP contribution in [0.4, 0.5) is 0 Å². The Kier molecular flexibility index (Phi) is 11.1. The number of fused-ring (bicyclic) bond motifs is 2. The van der Waals surface area contributed by atoms with Crippen molar-refractivity contribution in [2.45, 2.75) is 96.6 Å². The summed E-state index contributed by atoms with van der Waals surface area (Å²) in [4.78, 5) is 77.8. The van der Waals surface area contributed by atoms with E-state index in [0.717, 1.165) is 50.8 Å². The lowest BCUT2D eigenvalue weighted by atomic mass is 10.0. The molecule has 3 N–H and O–H groups in total. The summed E-state index contributed by atoms with van der Waals surface area (Å²) < 4.78 is 20.0. The van der Waals surface area contributed by atoms with Gasteiger partial charge in [-0.3, -0.25) is 23.5 Å². The molecular weight excluding hydrogens is 743 g/mol. The monoisotopic (exact) mass is 789 g/mol. The van der Waals surface area contributed by atoms with Crippen LogP contribution in [0.1, 0.15) is 116 Å². The number of benzene rings is 2. The highest BCUT2D eigenvalue weighted by Crippen LogP contribution is 2.38. The standard InChI is InChI=1S/C42H47N9O7/c1-4-18-50-38(53)31-35(46-33(44-31)25-10-6-7-11-25)48-41(50)57-29-14-8-12-27(21-29)37(52)43-23-24-16-17-26(20-24)34-45-32-36(47-34)49-42(51(19-5-2)39(32)54)58-30-15-9-13-28(22-30)40(55)56-3/h8-9,12-15,21-22,24-26H,4-7,10-11,16-20,23H2,1-3H3,(H,43,52)(H,44,46)(H,45,47). The number of aromatic amines is 2. The van der Waals surface area contributed by atoms with Gasteiger partial charge in [0, 0.05) is 37.0 Å². The highest BCUT2D eigenvalue weighted by molar-refractivity contribution is 5.94. The second-order valence-electron chi connectivity index (χ2n) is 15.2. The predicted molar refractivity (Wildman–Crippen MR) is 215 cm³/mol. The van der Waals surface area contributed by atoms with Crippen molar-refractivity contribution in [3.8, 4) is 23.5 Å². The second kappa shape index (κ2) is 16.6. The number of aromatic nitrogens is 8. The maximum atomic E-state index is 13.7. The van der Waals surface area contributed by atoms with Crippen LogP contribution in [0.5, 0.6) is 23.5 Å². The first kappa shape index (κ1) is 38.5. The van der Waals surface area contributed by atoms with Crippen LogP contribution >= 0.6 is 0 Å². The van der Waals surface area contributed by atoms with E-state index in [2.05, 4.69) is 30.2 Å². The Hall–Kier alpha value is -6.32. The molecule has 0 saturated heterocycles. The van der Waals surface area contributed by atoms with Crippen LogP contribution in [0.2, 0.25) is 0 Å². The van der Waals surface area contributed by atoms with Gasteiger partial charge in [-0.15, -0.1) is 0 Å². The third-order valence-corrected chi connectivity index (χ3v) is 11.1. The van der Waals surface area contributed by atoms with E-state index in [1.807, 2.05) is 13.8 Å². The van der Waals surface area contributed by atoms with E-state index in [0.29, 0.717) is 83.5 Å². The molecule has 0 bridgehead atoms. The normalized spacial score (nSPS) is 16.9. The molecule has 16 nitrogen and oxygen atoms in total. The Morgan fingerprint density at radius 3 is 1.86 bits per heavy atom. The third-order valence-electron chi connectivity index (χ3n) is 11.1. The van der Waals surface area contributed by atoms with Crippen LogP contribution in [0, 0.1) is 5.92 Å². The zero-order valence-corrected chi connectivity index (χ0v) is 32.9. The number of carbonyl (C=O) groups excluding carboxylic acids is 2. The molecule has 58 heavy (non-hydrogen) atoms. The van der Waals surface area contributed by atoms with Gasteiger partial charge < -0.3 is 29.5 Å². The Morgan fingerprint density at radius 2 is 1.29 bits per heavy atom. The quantitative estimate of drug-likeness (QED) is 0.0990. The van der Waals surface area contributed by atoms with Gasteiger partial charge in [0.25, 0.3) is 17.0 Å². The van der Waals surface area contributed by atoms with Crippen LogP contribution in [0.15, 0.2) is 58.1 Å². The molecule has 0 aliphatic heterocycles. The van der Waals surface area contributed by atoms with E-state index in [1.165, 1.54) is 22.3 Å². The zero-order valence-electron chi connectivity index (χ0n) is 32.9. The van der Waals surface area contributed by atoms with Crippen molar-refractivity contribution in [1.82, 2.24) is 44.4 Å². The summed E-state index contributed by atoms with van der Waals surface area (Å²) in [5, 5.41) is 3.08. The summed E-state index contributed by atoms with van der Waals surface area (Å²) in [6, 6.07) is 13.6. The second-order valence-corrected chi connectivity index (χ2v) is 15.2. The van der Waals surface area contributed by atoms with Crippen molar-refractivity contribution >= 4 is 34.2 Å². The zero-order chi connectivity index (χ0) is 40.3. The van der Waals surface area contributed by atoms with Gasteiger partial charge in [0.1, 0.15) is 23.1 Å². The van der Waals surface area contributed by atoms with Gasteiger partial charge in [-0.2, -0.15) is 9.97 Å². The first-order chi connectivity index (χ1) is 28.2. The minimum Gasteiger partial charge on any atom is -0.465 e. The molecule has 2 unspecified atom stereocenters. The van der Waals surface area contributed by atoms with Gasteiger partial charge in [-0.05, 0) is 87.3 Å². The number of H-pyrrole nitrogens is 2. The number of hydrogen-bond donors (Lipinski definition) is 3. The Morgan fingerprint density at radius 1 is 0.741 bits per heavy atom. The fourth-order valence-corrected chi connectivity index (χ4v) is 8.12. The van der Waals surface area contributed by atoms with E-state index in [4.69, 9.17) is 19.2 Å². The summed E-state index contributed by atoms with van der Waals surface area (Å²) >= 11 is 0. The van der Waals surface area contributed by atoms with Crippen molar-refractivity contribution in [1.29, 1.82) is 0 Å². The molecule has 2 aromatic carbocycles. The van der Waals surface area contributed by atoms with Crippen LogP contribution in [-0.2, 0) is 17.8 Å². The average molecular weight is 790 g/mol. The average Bonchev–Trinajstić information content (AvgIpc) is 4.07. The molecule has 2 atom stereocenters. The van der Waals surface area contributed by atoms with Crippen molar-refractivity contribution in [2.24, 2.45) is 5.92 Å². The van der Waals surface area contributed by atoms with Crippen molar-refractivity contribution in [2.75, 3.05) is 13.7 Å². The minimum atomic E-state index is -0.504. The molecule has 2 aliphatic rings. The Balaban J connectivity index is 0.930. The van der Waals surface area contributed by atoms with Crippen molar-refractivity contribution in [3.63, 3.8) is 0 Å². The maximum absolute atomic E-state index is 13.7. The first-order valence-corrected chi connectivity index (χ1v) is 20.2. The third kappa shape index (κ3) is 7.82. The molecule has 2 fully saturated rings. The van der Waals surface area contributed by atoms with Crippen LogP contribution in [-0.4, -0.2) is 64.6 Å². The van der Waals surface area contributed by atoms with E-state index in [-0.39, 0.29) is 46.5 Å². The summed E-state index contributed by atoms with van der Waals surface area (Å²) in [7, 11) is 1.31. The van der Waals surface area contributed by atoms with Gasteiger partial charge in [-0.25, -0.2) is 14.8 Å². The highest BCUT2D eigenvalue weighted by atomic mass is 16.5. The van der Waals surface area contributed by atoms with Gasteiger partial charge in [0.2, 0.25) is 0 Å². The molecule has 4 heterocycles. The lowest BCUT2D eigenvalue weighted by Crippen LogP contribution is -2.28. The number of nitrogens with one attached hydrogen (secondary N) is 3. The predicted octanol–water partition coefficient (Wildman–Crippen LogP) is 6.72. The smallest absolute Gasteiger partial charge is 0.337 e. The number of nitrogens with zero attached hydrogens (tertiary/aromatic N) is 6. The molecule has 0 spiro atoms. The van der Waals surface area contributed by atoms with E-state index in [9.17, 15) is 19.2 Å². The number of ether oxygens (including phenoxy) is 3. The SMILES string of the molecule is CCCn1c(Oc2cccc(C(=O)NCC3CCC(c4nc5nc(Oc6cccc(C(=O)OC)c6)n(CCC)c(=O)c5[nH]4)C3)c2)nc2nc(C3CCCC3)[nH]c2c1=O. The number of hydrogen-bond acceptors (Lipinski definition) is 11. The summed E-state index contributed by atoms with van der Waals surface area (Å²) in [6.45, 7) is 5.19. The number of rotatable bonds is 14. The van der Waals surface area contributed by atoms with E-state index < -0.39 is 5.97 Å². The largest absolute Gasteiger partial charge is 0.465 e. The highest BCUT2D eigenvalue weighted by Gasteiger charge is 2.30. The molecule has 16 heteroatoms. The van der Waals surface area contributed by atoms with Gasteiger partial charge in [0.05, 0.1) is 12.7 Å². The van der Waals surface area contributed by atoms with Crippen LogP contribution in [0.25, 0.3) is 22.3 Å². The number of carbonyl (C=O) groups is 2. The fourth-order valence-electron chi connectivity index (χ4n) is 8.12. The van der Waals surface area contributed by atoms with Gasteiger partial charge >= 0.3 is 18.0 Å². The number of esters is 1. The number of amides is 1. The molecule has 1 amide bonds. The Bertz CT molecular complexity index is 2600. The topological polar surface area (TPSA) is 201 Å². The minimum absolute atomic E-state index is 0.0438. The maximum Gasteiger partial charge on any atom is 0.337 e. The Labute approximate surface area is 333 Å². The van der Waals surface area contributed by atoms with Crippen LogP contribution < -0.4 is 25.9 Å². The summed E-state index contributed by atoms with van der Waals surface area (Å²) in [5.74, 6) is 1.98. The number of imidazole rings is 2. The molecular formula is C42H47N9O7. The fraction of sp³-hybridized carbons (Fsp3) is 0.429. The van der Waals surface area contributed by atoms with E-state index >= 15 is 0 Å². The lowest BCUT2D eigenvalue weighted by Gasteiger charge is -2.13. The molecule has 0 radical (unpaired) electrons. The summed E-state index contributed by atoms with van der Waals surface area (Å²) in [5.41, 5.74) is 1.49. The molecule has 2 saturated carbocycles. The lowest BCUT2D eigenvalue weighted by molar-refractivity contribution is 0.0600. The molecule has 2 aliphatic carbocycles. The molecule has 302 valence electrons. The molecule has 4 aromatic heterocycles.